The number of ether oxygens (including phenoxy) is 1. The van der Waals surface area contributed by atoms with Gasteiger partial charge in [-0.05, 0) is 51.6 Å². The molecule has 1 N–H and O–H groups in total. The predicted molar refractivity (Wildman–Crippen MR) is 66.7 cm³/mol. The lowest BCUT2D eigenvalue weighted by Crippen LogP contribution is -2.50. The lowest BCUT2D eigenvalue weighted by atomic mass is 9.94. The number of nitrogens with one attached hydrogen (secondary N) is 1. The molecule has 0 saturated carbocycles. The molecule has 3 nitrogen and oxygen atoms in total. The molecule has 0 radical (unpaired) electrons. The smallest absolute Gasteiger partial charge is 0.0502 e. The summed E-state index contributed by atoms with van der Waals surface area (Å²) in [5, 5.41) is 3.65. The number of piperidine rings is 1. The van der Waals surface area contributed by atoms with Crippen molar-refractivity contribution in [2.75, 3.05) is 39.9 Å². The minimum absolute atomic E-state index is 0.370. The van der Waals surface area contributed by atoms with Crippen LogP contribution >= 0.6 is 0 Å². The summed E-state index contributed by atoms with van der Waals surface area (Å²) in [5.74, 6) is 0.753. The van der Waals surface area contributed by atoms with E-state index in [0.29, 0.717) is 5.54 Å². The third kappa shape index (κ3) is 3.19. The fourth-order valence-electron chi connectivity index (χ4n) is 3.25. The summed E-state index contributed by atoms with van der Waals surface area (Å²) < 4.78 is 5.28. The highest BCUT2D eigenvalue weighted by Gasteiger charge is 2.31. The van der Waals surface area contributed by atoms with Crippen LogP contribution in [0.15, 0.2) is 0 Å². The van der Waals surface area contributed by atoms with Crippen molar-refractivity contribution in [2.45, 2.75) is 38.1 Å². The van der Waals surface area contributed by atoms with E-state index in [4.69, 9.17) is 4.74 Å². The van der Waals surface area contributed by atoms with Crippen molar-refractivity contribution >= 4 is 0 Å². The molecular weight excluding hydrogens is 200 g/mol. The van der Waals surface area contributed by atoms with Crippen LogP contribution < -0.4 is 5.32 Å². The summed E-state index contributed by atoms with van der Waals surface area (Å²) in [5.41, 5.74) is 0.370. The maximum absolute atomic E-state index is 5.28. The number of nitrogens with zero attached hydrogens (tertiary/aromatic N) is 1. The quantitative estimate of drug-likeness (QED) is 0.786. The molecule has 0 amide bonds. The molecule has 2 fully saturated rings. The van der Waals surface area contributed by atoms with Gasteiger partial charge in [-0.3, -0.25) is 0 Å². The van der Waals surface area contributed by atoms with E-state index in [-0.39, 0.29) is 0 Å². The topological polar surface area (TPSA) is 24.5 Å². The highest BCUT2D eigenvalue weighted by atomic mass is 16.5. The van der Waals surface area contributed by atoms with Gasteiger partial charge in [-0.1, -0.05) is 0 Å². The van der Waals surface area contributed by atoms with Crippen molar-refractivity contribution in [3.63, 3.8) is 0 Å². The fraction of sp³-hybridized carbons (Fsp3) is 1.00. The van der Waals surface area contributed by atoms with E-state index in [1.54, 1.807) is 0 Å². The Kier molecular flexibility index (Phi) is 4.22. The van der Waals surface area contributed by atoms with E-state index in [0.717, 1.165) is 12.5 Å². The summed E-state index contributed by atoms with van der Waals surface area (Å²) in [4.78, 5) is 2.63. The second-order valence-electron chi connectivity index (χ2n) is 5.79. The Morgan fingerprint density at radius 1 is 1.44 bits per heavy atom. The summed E-state index contributed by atoms with van der Waals surface area (Å²) >= 11 is 0. The molecule has 2 heterocycles. The molecule has 2 aliphatic rings. The van der Waals surface area contributed by atoms with Crippen LogP contribution in [0.25, 0.3) is 0 Å². The summed E-state index contributed by atoms with van der Waals surface area (Å²) in [7, 11) is 1.82. The molecule has 0 aliphatic carbocycles. The first kappa shape index (κ1) is 12.3. The first-order valence-corrected chi connectivity index (χ1v) is 6.68. The van der Waals surface area contributed by atoms with Crippen molar-refractivity contribution in [3.8, 4) is 0 Å². The van der Waals surface area contributed by atoms with Crippen LogP contribution in [0, 0.1) is 5.92 Å². The SMILES string of the molecule is COCC1CCCN(CC2(C)CCCN2)C1. The molecule has 0 aromatic carbocycles. The van der Waals surface area contributed by atoms with E-state index >= 15 is 0 Å². The van der Waals surface area contributed by atoms with Crippen molar-refractivity contribution < 1.29 is 4.74 Å². The number of hydrogen-bond acceptors (Lipinski definition) is 3. The number of hydrogen-bond donors (Lipinski definition) is 1. The molecule has 0 aromatic heterocycles. The van der Waals surface area contributed by atoms with Gasteiger partial charge in [0.1, 0.15) is 0 Å². The van der Waals surface area contributed by atoms with E-state index in [1.807, 2.05) is 7.11 Å². The zero-order valence-corrected chi connectivity index (χ0v) is 10.8. The van der Waals surface area contributed by atoms with Gasteiger partial charge in [0.15, 0.2) is 0 Å². The molecule has 2 aliphatic heterocycles. The van der Waals surface area contributed by atoms with Crippen LogP contribution in [0.2, 0.25) is 0 Å². The van der Waals surface area contributed by atoms with Gasteiger partial charge in [-0.15, -0.1) is 0 Å². The van der Waals surface area contributed by atoms with Gasteiger partial charge < -0.3 is 15.0 Å². The zero-order chi connectivity index (χ0) is 11.4. The Balaban J connectivity index is 1.80. The van der Waals surface area contributed by atoms with Crippen LogP contribution in [-0.2, 0) is 4.74 Å². The first-order chi connectivity index (χ1) is 7.72. The molecule has 0 aromatic rings. The van der Waals surface area contributed by atoms with Gasteiger partial charge in [-0.2, -0.15) is 0 Å². The third-order valence-corrected chi connectivity index (χ3v) is 4.04. The molecular formula is C13H26N2O. The maximum Gasteiger partial charge on any atom is 0.0502 e. The molecule has 94 valence electrons. The Bertz CT molecular complexity index is 212. The van der Waals surface area contributed by atoms with E-state index < -0.39 is 0 Å². The van der Waals surface area contributed by atoms with Gasteiger partial charge >= 0.3 is 0 Å². The average Bonchev–Trinajstić information content (AvgIpc) is 2.66. The Hall–Kier alpha value is -0.120. The van der Waals surface area contributed by atoms with Crippen LogP contribution in [0.3, 0.4) is 0 Å². The first-order valence-electron chi connectivity index (χ1n) is 6.68. The Labute approximate surface area is 99.5 Å². The average molecular weight is 226 g/mol. The molecule has 16 heavy (non-hydrogen) atoms. The summed E-state index contributed by atoms with van der Waals surface area (Å²) in [6.07, 6.45) is 5.35. The van der Waals surface area contributed by atoms with Gasteiger partial charge in [0.05, 0.1) is 6.61 Å². The minimum Gasteiger partial charge on any atom is -0.384 e. The zero-order valence-electron chi connectivity index (χ0n) is 10.8. The van der Waals surface area contributed by atoms with Gasteiger partial charge in [0, 0.05) is 25.7 Å². The lowest BCUT2D eigenvalue weighted by molar-refractivity contribution is 0.0779. The molecule has 0 bridgehead atoms. The van der Waals surface area contributed by atoms with Crippen LogP contribution in [-0.4, -0.2) is 50.3 Å². The minimum atomic E-state index is 0.370. The second kappa shape index (κ2) is 5.48. The number of rotatable bonds is 4. The van der Waals surface area contributed by atoms with E-state index in [1.165, 1.54) is 51.9 Å². The van der Waals surface area contributed by atoms with E-state index in [2.05, 4.69) is 17.1 Å². The number of methoxy groups -OCH3 is 1. The van der Waals surface area contributed by atoms with Crippen molar-refractivity contribution in [2.24, 2.45) is 5.92 Å². The van der Waals surface area contributed by atoms with Crippen LogP contribution in [0.5, 0.6) is 0 Å². The van der Waals surface area contributed by atoms with Crippen molar-refractivity contribution in [1.29, 1.82) is 0 Å². The Morgan fingerprint density at radius 3 is 3.00 bits per heavy atom. The summed E-state index contributed by atoms with van der Waals surface area (Å²) in [6, 6.07) is 0. The van der Waals surface area contributed by atoms with E-state index in [9.17, 15) is 0 Å². The number of likely N-dealkylation sites (tertiary alicyclic amines) is 1. The second-order valence-corrected chi connectivity index (χ2v) is 5.79. The standard InChI is InChI=1S/C13H26N2O/c1-13(6-4-7-14-13)11-15-8-3-5-12(9-15)10-16-2/h12,14H,3-11H2,1-2H3. The molecule has 0 spiro atoms. The largest absolute Gasteiger partial charge is 0.384 e. The molecule has 2 rings (SSSR count). The maximum atomic E-state index is 5.28. The highest BCUT2D eigenvalue weighted by molar-refractivity contribution is 4.92. The van der Waals surface area contributed by atoms with Gasteiger partial charge in [-0.25, -0.2) is 0 Å². The normalized spacial score (nSPS) is 36.8. The van der Waals surface area contributed by atoms with Gasteiger partial charge in [0.2, 0.25) is 0 Å². The fourth-order valence-corrected chi connectivity index (χ4v) is 3.25. The lowest BCUT2D eigenvalue weighted by Gasteiger charge is -2.38. The molecule has 2 saturated heterocycles. The van der Waals surface area contributed by atoms with Gasteiger partial charge in [0.25, 0.3) is 0 Å². The molecule has 2 unspecified atom stereocenters. The highest BCUT2D eigenvalue weighted by Crippen LogP contribution is 2.23. The molecule has 3 heteroatoms. The monoisotopic (exact) mass is 226 g/mol. The van der Waals surface area contributed by atoms with Crippen molar-refractivity contribution in [1.82, 2.24) is 10.2 Å². The molecule has 2 atom stereocenters. The van der Waals surface area contributed by atoms with Crippen molar-refractivity contribution in [3.05, 3.63) is 0 Å². The van der Waals surface area contributed by atoms with Crippen LogP contribution in [0.1, 0.15) is 32.6 Å². The summed E-state index contributed by atoms with van der Waals surface area (Å²) in [6.45, 7) is 8.22. The predicted octanol–water partition coefficient (Wildman–Crippen LogP) is 1.49. The third-order valence-electron chi connectivity index (χ3n) is 4.04. The Morgan fingerprint density at radius 2 is 2.31 bits per heavy atom. The van der Waals surface area contributed by atoms with Crippen LogP contribution in [0.4, 0.5) is 0 Å².